The second-order valence-electron chi connectivity index (χ2n) is 20.1. The molecule has 0 spiro atoms. The van der Waals surface area contributed by atoms with Crippen LogP contribution in [0.2, 0.25) is 0 Å². The van der Waals surface area contributed by atoms with Crippen LogP contribution in [0.3, 0.4) is 0 Å². The first-order valence-electron chi connectivity index (χ1n) is 23.6. The molecule has 6 rings (SSSR count). The first-order chi connectivity index (χ1) is 29.3. The third-order valence-electron chi connectivity index (χ3n) is 12.9. The average Bonchev–Trinajstić information content (AvgIpc) is 3.82. The lowest BCUT2D eigenvalue weighted by molar-refractivity contribution is 0.821. The number of benzene rings is 4. The topological polar surface area (TPSA) is 61.5 Å². The Kier molecular flexibility index (Phi) is 14.7. The highest BCUT2D eigenvalue weighted by molar-refractivity contribution is 7.40. The highest BCUT2D eigenvalue weighted by Gasteiger charge is 2.38. The van der Waals surface area contributed by atoms with E-state index in [1.165, 1.54) is 67.3 Å². The van der Waals surface area contributed by atoms with Crippen molar-refractivity contribution >= 4 is 42.5 Å². The van der Waals surface area contributed by atoms with Gasteiger partial charge in [0.1, 0.15) is 0 Å². The molecule has 2 saturated heterocycles. The second kappa shape index (κ2) is 19.4. The third kappa shape index (κ3) is 9.22. The Morgan fingerprint density at radius 3 is 0.645 bits per heavy atom. The van der Waals surface area contributed by atoms with Crippen molar-refractivity contribution < 1.29 is 0 Å². The zero-order valence-corrected chi connectivity index (χ0v) is 41.8. The maximum absolute atomic E-state index is 12.8. The SMILES string of the molecule is CC(C)c1cccc(C(C)C)c1N1CCN(c2c(C(C)C)cccc2C(C)C)C1=NP(#N)N=C1N(c2c(C(C)C)cccc2C(C)C)CCN1c1c(C(C)C)cccc1C(C)C. The van der Waals surface area contributed by atoms with Crippen LogP contribution in [0.15, 0.2) is 82.3 Å². The molecule has 332 valence electrons. The highest BCUT2D eigenvalue weighted by Crippen LogP contribution is 2.45. The van der Waals surface area contributed by atoms with Crippen LogP contribution >= 0.6 is 7.86 Å². The van der Waals surface area contributed by atoms with Crippen LogP contribution in [0.4, 0.5) is 22.7 Å². The van der Waals surface area contributed by atoms with E-state index in [1.807, 2.05) is 0 Å². The number of anilines is 4. The quantitative estimate of drug-likeness (QED) is 0.133. The molecular weight excluding hydrogens is 778 g/mol. The summed E-state index contributed by atoms with van der Waals surface area (Å²) in [7, 11) is -2.26. The van der Waals surface area contributed by atoms with Gasteiger partial charge < -0.3 is 19.6 Å². The minimum absolute atomic E-state index is 0.303. The summed E-state index contributed by atoms with van der Waals surface area (Å²) in [6.07, 6.45) is 0. The third-order valence-corrected chi connectivity index (χ3v) is 13.6. The predicted molar refractivity (Wildman–Crippen MR) is 271 cm³/mol. The molecule has 0 N–H and O–H groups in total. The van der Waals surface area contributed by atoms with Gasteiger partial charge in [-0.25, -0.2) is 0 Å². The van der Waals surface area contributed by atoms with Crippen LogP contribution < -0.4 is 19.6 Å². The zero-order chi connectivity index (χ0) is 45.3. The van der Waals surface area contributed by atoms with E-state index in [0.717, 1.165) is 38.1 Å². The average molecular weight is 854 g/mol. The summed E-state index contributed by atoms with van der Waals surface area (Å²) in [6, 6.07) is 27.1. The lowest BCUT2D eigenvalue weighted by Crippen LogP contribution is -2.36. The number of guanidine groups is 2. The van der Waals surface area contributed by atoms with Gasteiger partial charge in [-0.1, -0.05) is 184 Å². The van der Waals surface area contributed by atoms with Crippen molar-refractivity contribution in [2.24, 2.45) is 9.53 Å². The molecule has 0 aliphatic carbocycles. The van der Waals surface area contributed by atoms with Crippen molar-refractivity contribution in [1.82, 2.24) is 0 Å². The normalized spacial score (nSPS) is 14.9. The summed E-state index contributed by atoms with van der Waals surface area (Å²) >= 11 is 0. The van der Waals surface area contributed by atoms with Crippen LogP contribution in [0.1, 0.15) is 203 Å². The first-order valence-corrected chi connectivity index (χ1v) is 24.8. The number of hydrogen-bond acceptors (Lipinski definition) is 3. The molecule has 2 fully saturated rings. The fourth-order valence-corrected chi connectivity index (χ4v) is 10.4. The molecule has 0 aromatic heterocycles. The van der Waals surface area contributed by atoms with Gasteiger partial charge in [-0.3, -0.25) is 0 Å². The summed E-state index contributed by atoms with van der Waals surface area (Å²) in [5.74, 6) is 3.98. The van der Waals surface area contributed by atoms with Gasteiger partial charge in [-0.15, -0.1) is 9.53 Å². The Morgan fingerprint density at radius 1 is 0.339 bits per heavy atom. The van der Waals surface area contributed by atoms with Crippen LogP contribution in [-0.4, -0.2) is 38.1 Å². The molecule has 4 aromatic carbocycles. The Hall–Kier alpha value is -4.57. The summed E-state index contributed by atoms with van der Waals surface area (Å²) in [5.41, 5.74) is 15.2. The number of nitrogens with zero attached hydrogens (tertiary/aromatic N) is 7. The predicted octanol–water partition coefficient (Wildman–Crippen LogP) is 15.5. The van der Waals surface area contributed by atoms with Gasteiger partial charge in [0, 0.05) is 26.2 Å². The molecule has 4 aromatic rings. The first kappa shape index (κ1) is 46.9. The van der Waals surface area contributed by atoms with Crippen molar-refractivity contribution in [3.05, 3.63) is 117 Å². The molecule has 8 heteroatoms. The van der Waals surface area contributed by atoms with Crippen molar-refractivity contribution in [3.63, 3.8) is 0 Å². The number of para-hydroxylation sites is 4. The van der Waals surface area contributed by atoms with Gasteiger partial charge in [0.25, 0.3) is 0 Å². The molecule has 0 amide bonds. The summed E-state index contributed by atoms with van der Waals surface area (Å²) in [4.78, 5) is 9.66. The van der Waals surface area contributed by atoms with E-state index in [-0.39, 0.29) is 0 Å². The van der Waals surface area contributed by atoms with E-state index < -0.39 is 7.86 Å². The number of hydrogen-bond donors (Lipinski definition) is 0. The minimum atomic E-state index is -2.26. The Bertz CT molecular complexity index is 1940. The van der Waals surface area contributed by atoms with Gasteiger partial charge in [0.15, 0.2) is 0 Å². The van der Waals surface area contributed by atoms with Crippen molar-refractivity contribution in [2.75, 3.05) is 45.8 Å². The zero-order valence-electron chi connectivity index (χ0n) is 41.0. The summed E-state index contributed by atoms with van der Waals surface area (Å²) in [6.45, 7) is 39.6. The van der Waals surface area contributed by atoms with Crippen LogP contribution in [0, 0.1) is 5.00 Å². The molecule has 2 aliphatic rings. The molecule has 0 bridgehead atoms. The molecule has 2 aliphatic heterocycles. The fourth-order valence-electron chi connectivity index (χ4n) is 9.63. The maximum atomic E-state index is 12.8. The second-order valence-corrected chi connectivity index (χ2v) is 21.0. The molecular formula is C54H76N7P. The van der Waals surface area contributed by atoms with Gasteiger partial charge in [-0.2, -0.15) is 5.00 Å². The van der Waals surface area contributed by atoms with E-state index >= 15 is 0 Å². The summed E-state index contributed by atoms with van der Waals surface area (Å²) < 4.78 is 11.0. The monoisotopic (exact) mass is 854 g/mol. The Balaban J connectivity index is 1.66. The number of rotatable bonds is 12. The minimum Gasteiger partial charge on any atom is -0.309 e. The van der Waals surface area contributed by atoms with Gasteiger partial charge in [-0.05, 0) is 91.9 Å². The van der Waals surface area contributed by atoms with Gasteiger partial charge in [0.05, 0.1) is 22.7 Å². The summed E-state index contributed by atoms with van der Waals surface area (Å²) in [5, 5.41) is 12.8. The maximum Gasteiger partial charge on any atom is 0.302 e. The molecule has 2 heterocycles. The lowest BCUT2D eigenvalue weighted by Gasteiger charge is -2.32. The van der Waals surface area contributed by atoms with Gasteiger partial charge in [0.2, 0.25) is 11.9 Å². The largest absolute Gasteiger partial charge is 0.309 e. The van der Waals surface area contributed by atoms with E-state index in [1.54, 1.807) is 0 Å². The van der Waals surface area contributed by atoms with Crippen molar-refractivity contribution in [1.29, 1.82) is 5.00 Å². The standard InChI is InChI=1S/C54H76N7P/c1-33(2)41-21-17-22-42(34(3)4)49(41)58-29-30-59(50-43(35(5)6)23-18-24-44(50)36(7)8)53(58)56-62(55)57-54-60(51-45(37(9)10)25-19-26-46(51)38(11)12)31-32-61(54)52-47(39(13)14)27-20-28-48(52)40(15)16/h17-28,33-40H,29-32H2,1-16H3. The van der Waals surface area contributed by atoms with Crippen LogP contribution in [-0.2, 0) is 0 Å². The molecule has 0 atom stereocenters. The van der Waals surface area contributed by atoms with Crippen LogP contribution in [0.25, 0.3) is 0 Å². The van der Waals surface area contributed by atoms with Gasteiger partial charge >= 0.3 is 7.86 Å². The smallest absolute Gasteiger partial charge is 0.302 e. The van der Waals surface area contributed by atoms with E-state index in [2.05, 4.69) is 203 Å². The van der Waals surface area contributed by atoms with Crippen molar-refractivity contribution in [3.8, 4) is 0 Å². The highest BCUT2D eigenvalue weighted by atomic mass is 31.1. The molecule has 0 radical (unpaired) electrons. The van der Waals surface area contributed by atoms with Crippen molar-refractivity contribution in [2.45, 2.75) is 158 Å². The van der Waals surface area contributed by atoms with E-state index in [0.29, 0.717) is 47.3 Å². The van der Waals surface area contributed by atoms with E-state index in [4.69, 9.17) is 9.53 Å². The van der Waals surface area contributed by atoms with Crippen LogP contribution in [0.5, 0.6) is 0 Å². The molecule has 0 unspecified atom stereocenters. The molecule has 62 heavy (non-hydrogen) atoms. The van der Waals surface area contributed by atoms with E-state index in [9.17, 15) is 5.00 Å². The molecule has 7 nitrogen and oxygen atoms in total. The lowest BCUT2D eigenvalue weighted by atomic mass is 9.91. The Morgan fingerprint density at radius 2 is 0.500 bits per heavy atom. The fraction of sp³-hybridized carbons (Fsp3) is 0.519. The Labute approximate surface area is 376 Å². The molecule has 0 saturated carbocycles.